The van der Waals surface area contributed by atoms with E-state index in [2.05, 4.69) is 29.6 Å². The smallest absolute Gasteiger partial charge is 0.326 e. The summed E-state index contributed by atoms with van der Waals surface area (Å²) in [6.45, 7) is 1.77. The van der Waals surface area contributed by atoms with Gasteiger partial charge in [0.15, 0.2) is 0 Å². The molecule has 1 fully saturated rings. The second kappa shape index (κ2) is 7.97. The van der Waals surface area contributed by atoms with Crippen LogP contribution in [0.4, 0.5) is 0 Å². The van der Waals surface area contributed by atoms with Gasteiger partial charge < -0.3 is 10.4 Å². The van der Waals surface area contributed by atoms with E-state index in [1.54, 1.807) is 6.92 Å². The first-order valence-corrected chi connectivity index (χ1v) is 8.17. The Balaban J connectivity index is 1.77. The van der Waals surface area contributed by atoms with Gasteiger partial charge in [0.2, 0.25) is 5.91 Å². The minimum atomic E-state index is -0.955. The predicted molar refractivity (Wildman–Crippen MR) is 85.6 cm³/mol. The molecule has 1 aromatic rings. The number of hydrogen-bond acceptors (Lipinski definition) is 2. The predicted octanol–water partition coefficient (Wildman–Crippen LogP) is 3.33. The van der Waals surface area contributed by atoms with Crippen molar-refractivity contribution in [2.45, 2.75) is 57.4 Å². The molecule has 1 saturated carbocycles. The quantitative estimate of drug-likeness (QED) is 0.847. The Morgan fingerprint density at radius 2 is 1.82 bits per heavy atom. The highest BCUT2D eigenvalue weighted by atomic mass is 16.4. The maximum absolute atomic E-state index is 12.0. The summed E-state index contributed by atoms with van der Waals surface area (Å²) >= 11 is 0. The van der Waals surface area contributed by atoms with Gasteiger partial charge in [-0.25, -0.2) is 4.79 Å². The van der Waals surface area contributed by atoms with Gasteiger partial charge in [0.1, 0.15) is 6.04 Å². The Kier molecular flexibility index (Phi) is 5.99. The third-order valence-electron chi connectivity index (χ3n) is 4.63. The number of aliphatic carboxylic acids is 1. The van der Waals surface area contributed by atoms with Crippen molar-refractivity contribution in [3.63, 3.8) is 0 Å². The average Bonchev–Trinajstić information content (AvgIpc) is 2.54. The molecule has 2 rings (SSSR count). The Hall–Kier alpha value is -1.84. The molecule has 0 aromatic heterocycles. The van der Waals surface area contributed by atoms with Crippen LogP contribution in [0.15, 0.2) is 30.3 Å². The van der Waals surface area contributed by atoms with Crippen LogP contribution in [0.2, 0.25) is 0 Å². The van der Waals surface area contributed by atoms with Crippen LogP contribution in [-0.2, 0) is 9.59 Å². The van der Waals surface area contributed by atoms with Crippen molar-refractivity contribution in [1.29, 1.82) is 0 Å². The van der Waals surface area contributed by atoms with E-state index >= 15 is 0 Å². The van der Waals surface area contributed by atoms with E-state index in [0.29, 0.717) is 24.7 Å². The van der Waals surface area contributed by atoms with E-state index in [9.17, 15) is 9.59 Å². The molecule has 1 unspecified atom stereocenters. The Morgan fingerprint density at radius 3 is 2.36 bits per heavy atom. The number of rotatable bonds is 6. The molecule has 0 spiro atoms. The molecule has 1 atom stereocenters. The molecule has 1 aromatic carbocycles. The molecule has 120 valence electrons. The minimum Gasteiger partial charge on any atom is -0.480 e. The molecular weight excluding hydrogens is 278 g/mol. The number of hydrogen-bond donors (Lipinski definition) is 2. The summed E-state index contributed by atoms with van der Waals surface area (Å²) in [5.74, 6) is -0.102. The van der Waals surface area contributed by atoms with Gasteiger partial charge in [-0.1, -0.05) is 37.3 Å². The van der Waals surface area contributed by atoms with Gasteiger partial charge in [0, 0.05) is 6.42 Å². The highest BCUT2D eigenvalue weighted by Crippen LogP contribution is 2.36. The summed E-state index contributed by atoms with van der Waals surface area (Å²) in [6, 6.07) is 9.78. The van der Waals surface area contributed by atoms with Gasteiger partial charge in [-0.05, 0) is 49.5 Å². The van der Waals surface area contributed by atoms with Gasteiger partial charge in [-0.15, -0.1) is 0 Å². The lowest BCUT2D eigenvalue weighted by molar-refractivity contribution is -0.142. The monoisotopic (exact) mass is 303 g/mol. The molecule has 1 aliphatic rings. The molecule has 0 saturated heterocycles. The van der Waals surface area contributed by atoms with Crippen LogP contribution in [0.1, 0.15) is 56.9 Å². The maximum atomic E-state index is 12.0. The van der Waals surface area contributed by atoms with Gasteiger partial charge in [-0.2, -0.15) is 0 Å². The SMILES string of the molecule is CCC(NC(=O)CC1CCC(c2ccccc2)CC1)C(=O)O. The zero-order valence-electron chi connectivity index (χ0n) is 13.1. The van der Waals surface area contributed by atoms with Crippen LogP contribution < -0.4 is 5.32 Å². The molecule has 2 N–H and O–H groups in total. The molecule has 0 aliphatic heterocycles. The molecule has 4 nitrogen and oxygen atoms in total. The van der Waals surface area contributed by atoms with Crippen molar-refractivity contribution >= 4 is 11.9 Å². The standard InChI is InChI=1S/C18H25NO3/c1-2-16(18(21)22)19-17(20)12-13-8-10-15(11-9-13)14-6-4-3-5-7-14/h3-7,13,15-16H,2,8-12H2,1H3,(H,19,20)(H,21,22). The first-order chi connectivity index (χ1) is 10.6. The second-order valence-electron chi connectivity index (χ2n) is 6.20. The first kappa shape index (κ1) is 16.5. The van der Waals surface area contributed by atoms with E-state index in [-0.39, 0.29) is 5.91 Å². The number of nitrogens with one attached hydrogen (secondary N) is 1. The highest BCUT2D eigenvalue weighted by Gasteiger charge is 2.25. The van der Waals surface area contributed by atoms with Crippen molar-refractivity contribution < 1.29 is 14.7 Å². The third kappa shape index (κ3) is 4.58. The number of carboxylic acid groups (broad SMARTS) is 1. The van der Waals surface area contributed by atoms with Crippen LogP contribution >= 0.6 is 0 Å². The van der Waals surface area contributed by atoms with Crippen LogP contribution in [0.25, 0.3) is 0 Å². The number of amides is 1. The summed E-state index contributed by atoms with van der Waals surface area (Å²) in [7, 11) is 0. The molecule has 1 aliphatic carbocycles. The van der Waals surface area contributed by atoms with Crippen LogP contribution in [0.3, 0.4) is 0 Å². The average molecular weight is 303 g/mol. The lowest BCUT2D eigenvalue weighted by Crippen LogP contribution is -2.41. The van der Waals surface area contributed by atoms with Gasteiger partial charge in [-0.3, -0.25) is 4.79 Å². The van der Waals surface area contributed by atoms with E-state index in [1.807, 2.05) is 6.07 Å². The number of benzene rings is 1. The summed E-state index contributed by atoms with van der Waals surface area (Å²) in [5.41, 5.74) is 1.39. The number of carboxylic acids is 1. The zero-order valence-corrected chi connectivity index (χ0v) is 13.1. The fourth-order valence-corrected chi connectivity index (χ4v) is 3.28. The van der Waals surface area contributed by atoms with Gasteiger partial charge >= 0.3 is 5.97 Å². The van der Waals surface area contributed by atoms with Crippen molar-refractivity contribution in [1.82, 2.24) is 5.32 Å². The molecule has 0 radical (unpaired) electrons. The fourth-order valence-electron chi connectivity index (χ4n) is 3.28. The highest BCUT2D eigenvalue weighted by molar-refractivity contribution is 5.83. The molecule has 4 heteroatoms. The van der Waals surface area contributed by atoms with Gasteiger partial charge in [0.25, 0.3) is 0 Å². The van der Waals surface area contributed by atoms with E-state index in [1.165, 1.54) is 5.56 Å². The lowest BCUT2D eigenvalue weighted by atomic mass is 9.77. The van der Waals surface area contributed by atoms with Crippen LogP contribution in [-0.4, -0.2) is 23.0 Å². The summed E-state index contributed by atoms with van der Waals surface area (Å²) in [4.78, 5) is 22.9. The molecule has 22 heavy (non-hydrogen) atoms. The Morgan fingerprint density at radius 1 is 1.18 bits per heavy atom. The summed E-state index contributed by atoms with van der Waals surface area (Å²) < 4.78 is 0. The van der Waals surface area contributed by atoms with Crippen molar-refractivity contribution in [2.24, 2.45) is 5.92 Å². The zero-order chi connectivity index (χ0) is 15.9. The van der Waals surface area contributed by atoms with Gasteiger partial charge in [0.05, 0.1) is 0 Å². The molecule has 0 heterocycles. The van der Waals surface area contributed by atoms with E-state index in [0.717, 1.165) is 25.7 Å². The Bertz CT molecular complexity index is 492. The third-order valence-corrected chi connectivity index (χ3v) is 4.63. The Labute approximate surface area is 131 Å². The summed E-state index contributed by atoms with van der Waals surface area (Å²) in [6.07, 6.45) is 5.16. The minimum absolute atomic E-state index is 0.127. The molecular formula is C18H25NO3. The number of carbonyl (C=O) groups is 2. The van der Waals surface area contributed by atoms with Crippen LogP contribution in [0.5, 0.6) is 0 Å². The topological polar surface area (TPSA) is 66.4 Å². The normalized spacial score (nSPS) is 22.8. The van der Waals surface area contributed by atoms with E-state index in [4.69, 9.17) is 5.11 Å². The van der Waals surface area contributed by atoms with E-state index < -0.39 is 12.0 Å². The first-order valence-electron chi connectivity index (χ1n) is 8.17. The van der Waals surface area contributed by atoms with Crippen molar-refractivity contribution in [3.8, 4) is 0 Å². The molecule has 0 bridgehead atoms. The fraction of sp³-hybridized carbons (Fsp3) is 0.556. The lowest BCUT2D eigenvalue weighted by Gasteiger charge is -2.28. The maximum Gasteiger partial charge on any atom is 0.326 e. The number of carbonyl (C=O) groups excluding carboxylic acids is 1. The van der Waals surface area contributed by atoms with Crippen LogP contribution in [0, 0.1) is 5.92 Å². The molecule has 1 amide bonds. The van der Waals surface area contributed by atoms with Crippen molar-refractivity contribution in [2.75, 3.05) is 0 Å². The second-order valence-corrected chi connectivity index (χ2v) is 6.20. The largest absolute Gasteiger partial charge is 0.480 e. The summed E-state index contributed by atoms with van der Waals surface area (Å²) in [5, 5.41) is 11.6. The van der Waals surface area contributed by atoms with Crippen molar-refractivity contribution in [3.05, 3.63) is 35.9 Å².